The summed E-state index contributed by atoms with van der Waals surface area (Å²) in [4.78, 5) is 15.0. The molecule has 0 saturated heterocycles. The van der Waals surface area contributed by atoms with Crippen LogP contribution >= 0.6 is 0 Å². The summed E-state index contributed by atoms with van der Waals surface area (Å²) in [6.07, 6.45) is 0. The van der Waals surface area contributed by atoms with Gasteiger partial charge in [-0.05, 0) is 12.1 Å². The monoisotopic (exact) mass is 247 g/mol. The number of fused-ring (bicyclic) bond motifs is 1. The number of hydrogen-bond acceptors (Lipinski definition) is 3. The second kappa shape index (κ2) is 4.72. The second-order valence-corrected chi connectivity index (χ2v) is 4.50. The molecule has 0 radical (unpaired) electrons. The molecular formula is C14H17NO3. The van der Waals surface area contributed by atoms with Gasteiger partial charge in [0.25, 0.3) is 0 Å². The molecule has 18 heavy (non-hydrogen) atoms. The van der Waals surface area contributed by atoms with Crippen molar-refractivity contribution in [3.63, 3.8) is 0 Å². The third-order valence-corrected chi connectivity index (χ3v) is 2.91. The topological polar surface area (TPSA) is 51.3 Å². The molecule has 96 valence electrons. The van der Waals surface area contributed by atoms with E-state index in [9.17, 15) is 4.79 Å². The van der Waals surface area contributed by atoms with Crippen molar-refractivity contribution < 1.29 is 14.3 Å². The molecule has 0 saturated carbocycles. The van der Waals surface area contributed by atoms with Gasteiger partial charge in [0.1, 0.15) is 0 Å². The SMILES string of the molecule is COc1cc2cc(C(=O)C(C)C)[nH]c2cc1OC. The lowest BCUT2D eigenvalue weighted by Gasteiger charge is -2.06. The van der Waals surface area contributed by atoms with Crippen LogP contribution in [0.1, 0.15) is 24.3 Å². The van der Waals surface area contributed by atoms with E-state index in [1.54, 1.807) is 14.2 Å². The van der Waals surface area contributed by atoms with Gasteiger partial charge < -0.3 is 14.5 Å². The van der Waals surface area contributed by atoms with Gasteiger partial charge in [-0.3, -0.25) is 4.79 Å². The fourth-order valence-corrected chi connectivity index (χ4v) is 1.90. The molecule has 2 rings (SSSR count). The number of methoxy groups -OCH3 is 2. The first kappa shape index (κ1) is 12.5. The van der Waals surface area contributed by atoms with Crippen molar-refractivity contribution in [1.29, 1.82) is 0 Å². The lowest BCUT2D eigenvalue weighted by molar-refractivity contribution is 0.0935. The van der Waals surface area contributed by atoms with Gasteiger partial charge in [0.2, 0.25) is 0 Å². The Bertz CT molecular complexity index is 543. The van der Waals surface area contributed by atoms with E-state index < -0.39 is 0 Å². The van der Waals surface area contributed by atoms with Crippen molar-refractivity contribution in [3.8, 4) is 11.5 Å². The average molecular weight is 247 g/mol. The first-order valence-electron chi connectivity index (χ1n) is 5.85. The van der Waals surface area contributed by atoms with E-state index >= 15 is 0 Å². The van der Waals surface area contributed by atoms with Crippen LogP contribution in [0.2, 0.25) is 0 Å². The number of carbonyl (C=O) groups excluding carboxylic acids is 1. The molecule has 0 aliphatic carbocycles. The number of rotatable bonds is 4. The van der Waals surface area contributed by atoms with Crippen molar-refractivity contribution in [1.82, 2.24) is 4.98 Å². The maximum Gasteiger partial charge on any atom is 0.181 e. The normalized spacial score (nSPS) is 10.9. The summed E-state index contributed by atoms with van der Waals surface area (Å²) < 4.78 is 10.5. The summed E-state index contributed by atoms with van der Waals surface area (Å²) in [5, 5.41) is 0.941. The van der Waals surface area contributed by atoms with Gasteiger partial charge in [-0.15, -0.1) is 0 Å². The van der Waals surface area contributed by atoms with Crippen molar-refractivity contribution in [3.05, 3.63) is 23.9 Å². The standard InChI is InChI=1S/C14H17NO3/c1-8(2)14(16)11-5-9-6-12(17-3)13(18-4)7-10(9)15-11/h5-8,15H,1-4H3. The molecular weight excluding hydrogens is 230 g/mol. The number of nitrogens with one attached hydrogen (secondary N) is 1. The Hall–Kier alpha value is -1.97. The van der Waals surface area contributed by atoms with E-state index in [-0.39, 0.29) is 11.7 Å². The van der Waals surface area contributed by atoms with Crippen molar-refractivity contribution in [2.45, 2.75) is 13.8 Å². The third kappa shape index (κ3) is 2.06. The van der Waals surface area contributed by atoms with Crippen LogP contribution in [0.4, 0.5) is 0 Å². The van der Waals surface area contributed by atoms with Gasteiger partial charge in [-0.25, -0.2) is 0 Å². The van der Waals surface area contributed by atoms with Gasteiger partial charge >= 0.3 is 0 Å². The van der Waals surface area contributed by atoms with Gasteiger partial charge in [0, 0.05) is 22.9 Å². The molecule has 1 heterocycles. The Morgan fingerprint density at radius 2 is 1.72 bits per heavy atom. The van der Waals surface area contributed by atoms with Crippen LogP contribution in [0, 0.1) is 5.92 Å². The average Bonchev–Trinajstić information content (AvgIpc) is 2.78. The van der Waals surface area contributed by atoms with Crippen molar-refractivity contribution in [2.75, 3.05) is 14.2 Å². The van der Waals surface area contributed by atoms with Crippen LogP contribution in [0.5, 0.6) is 11.5 Å². The first-order valence-corrected chi connectivity index (χ1v) is 5.85. The summed E-state index contributed by atoms with van der Waals surface area (Å²) in [6, 6.07) is 5.55. The Kier molecular flexibility index (Phi) is 3.28. The Morgan fingerprint density at radius 1 is 1.11 bits per heavy atom. The summed E-state index contributed by atoms with van der Waals surface area (Å²) in [7, 11) is 3.18. The highest BCUT2D eigenvalue weighted by atomic mass is 16.5. The summed E-state index contributed by atoms with van der Waals surface area (Å²) in [5.74, 6) is 1.38. The van der Waals surface area contributed by atoms with Gasteiger partial charge in [0.05, 0.1) is 19.9 Å². The Morgan fingerprint density at radius 3 is 2.28 bits per heavy atom. The number of carbonyl (C=O) groups is 1. The lowest BCUT2D eigenvalue weighted by atomic mass is 10.1. The number of hydrogen-bond donors (Lipinski definition) is 1. The molecule has 2 aromatic rings. The van der Waals surface area contributed by atoms with Crippen LogP contribution in [-0.2, 0) is 0 Å². The van der Waals surface area contributed by atoms with E-state index in [0.717, 1.165) is 10.9 Å². The van der Waals surface area contributed by atoms with E-state index in [4.69, 9.17) is 9.47 Å². The number of Topliss-reactive ketones (excluding diaryl/α,β-unsaturated/α-hetero) is 1. The number of benzene rings is 1. The van der Waals surface area contributed by atoms with E-state index in [1.165, 1.54) is 0 Å². The maximum absolute atomic E-state index is 11.9. The summed E-state index contributed by atoms with van der Waals surface area (Å²) in [5.41, 5.74) is 1.49. The first-order chi connectivity index (χ1) is 8.56. The molecule has 0 amide bonds. The zero-order valence-corrected chi connectivity index (χ0v) is 11.0. The molecule has 1 aromatic carbocycles. The van der Waals surface area contributed by atoms with Crippen LogP contribution in [-0.4, -0.2) is 25.0 Å². The van der Waals surface area contributed by atoms with Crippen LogP contribution < -0.4 is 9.47 Å². The zero-order valence-electron chi connectivity index (χ0n) is 11.0. The predicted octanol–water partition coefficient (Wildman–Crippen LogP) is 3.02. The number of aromatic nitrogens is 1. The van der Waals surface area contributed by atoms with E-state index in [2.05, 4.69) is 4.98 Å². The van der Waals surface area contributed by atoms with Crippen LogP contribution in [0.15, 0.2) is 18.2 Å². The minimum Gasteiger partial charge on any atom is -0.493 e. The quantitative estimate of drug-likeness (QED) is 0.845. The fourth-order valence-electron chi connectivity index (χ4n) is 1.90. The van der Waals surface area contributed by atoms with E-state index in [1.807, 2.05) is 32.0 Å². The van der Waals surface area contributed by atoms with E-state index in [0.29, 0.717) is 17.2 Å². The summed E-state index contributed by atoms with van der Waals surface area (Å²) in [6.45, 7) is 3.77. The highest BCUT2D eigenvalue weighted by Crippen LogP contribution is 2.32. The Balaban J connectivity index is 2.54. The molecule has 0 fully saturated rings. The number of aromatic amines is 1. The molecule has 0 unspecified atom stereocenters. The predicted molar refractivity (Wildman–Crippen MR) is 70.6 cm³/mol. The fraction of sp³-hybridized carbons (Fsp3) is 0.357. The largest absolute Gasteiger partial charge is 0.493 e. The minimum atomic E-state index is -0.0261. The lowest BCUT2D eigenvalue weighted by Crippen LogP contribution is -2.07. The molecule has 0 aliphatic rings. The highest BCUT2D eigenvalue weighted by Gasteiger charge is 2.15. The van der Waals surface area contributed by atoms with Crippen LogP contribution in [0.3, 0.4) is 0 Å². The Labute approximate surface area is 106 Å². The molecule has 0 aliphatic heterocycles. The second-order valence-electron chi connectivity index (χ2n) is 4.50. The molecule has 4 heteroatoms. The number of ether oxygens (including phenoxy) is 2. The molecule has 1 aromatic heterocycles. The van der Waals surface area contributed by atoms with Crippen molar-refractivity contribution >= 4 is 16.7 Å². The van der Waals surface area contributed by atoms with Crippen molar-refractivity contribution in [2.24, 2.45) is 5.92 Å². The molecule has 0 spiro atoms. The zero-order chi connectivity index (χ0) is 13.3. The smallest absolute Gasteiger partial charge is 0.181 e. The van der Waals surface area contributed by atoms with Gasteiger partial charge in [-0.2, -0.15) is 0 Å². The highest BCUT2D eigenvalue weighted by molar-refractivity contribution is 6.00. The van der Waals surface area contributed by atoms with Gasteiger partial charge in [0.15, 0.2) is 17.3 Å². The number of H-pyrrole nitrogens is 1. The number of ketones is 1. The maximum atomic E-state index is 11.9. The minimum absolute atomic E-state index is 0.0261. The molecule has 0 bridgehead atoms. The summed E-state index contributed by atoms with van der Waals surface area (Å²) >= 11 is 0. The third-order valence-electron chi connectivity index (χ3n) is 2.91. The molecule has 1 N–H and O–H groups in total. The van der Waals surface area contributed by atoms with Gasteiger partial charge in [-0.1, -0.05) is 13.8 Å². The van der Waals surface area contributed by atoms with Crippen LogP contribution in [0.25, 0.3) is 10.9 Å². The molecule has 0 atom stereocenters. The molecule has 4 nitrogen and oxygen atoms in total.